The van der Waals surface area contributed by atoms with Crippen LogP contribution in [0, 0.1) is 11.8 Å². The van der Waals surface area contributed by atoms with Crippen LogP contribution in [0.5, 0.6) is 0 Å². The van der Waals surface area contributed by atoms with E-state index in [1.54, 1.807) is 0 Å². The lowest BCUT2D eigenvalue weighted by Crippen LogP contribution is -2.20. The summed E-state index contributed by atoms with van der Waals surface area (Å²) in [6, 6.07) is 18.6. The molecule has 0 radical (unpaired) electrons. The number of hydrogen-bond donors (Lipinski definition) is 2. The van der Waals surface area contributed by atoms with Crippen molar-refractivity contribution in [1.29, 1.82) is 0 Å². The van der Waals surface area contributed by atoms with Crippen molar-refractivity contribution in [2.75, 3.05) is 10.6 Å². The lowest BCUT2D eigenvalue weighted by Gasteiger charge is -2.06. The Hall–Kier alpha value is -2.62. The molecular formula is C17H16N2O2. The molecule has 21 heavy (non-hydrogen) atoms. The molecule has 0 spiro atoms. The molecule has 2 atom stereocenters. The molecule has 2 aromatic carbocycles. The maximum atomic E-state index is 12.1. The van der Waals surface area contributed by atoms with Crippen molar-refractivity contribution in [1.82, 2.24) is 0 Å². The van der Waals surface area contributed by atoms with Gasteiger partial charge in [0.05, 0.1) is 11.8 Å². The van der Waals surface area contributed by atoms with Gasteiger partial charge in [0.15, 0.2) is 0 Å². The second-order valence-electron chi connectivity index (χ2n) is 5.16. The number of anilines is 2. The Balaban J connectivity index is 1.54. The third-order valence-electron chi connectivity index (χ3n) is 3.55. The molecule has 2 aromatic rings. The van der Waals surface area contributed by atoms with Crippen LogP contribution in [-0.4, -0.2) is 11.8 Å². The average molecular weight is 280 g/mol. The predicted octanol–water partition coefficient (Wildman–Crippen LogP) is 2.90. The minimum Gasteiger partial charge on any atom is -0.326 e. The van der Waals surface area contributed by atoms with E-state index in [0.717, 1.165) is 11.4 Å². The van der Waals surface area contributed by atoms with Crippen LogP contribution in [0.2, 0.25) is 0 Å². The van der Waals surface area contributed by atoms with Crippen LogP contribution in [0.4, 0.5) is 11.4 Å². The zero-order chi connectivity index (χ0) is 14.7. The number of carbonyl (C=O) groups is 2. The van der Waals surface area contributed by atoms with Crippen LogP contribution in [0.3, 0.4) is 0 Å². The molecule has 0 bridgehead atoms. The first-order valence-corrected chi connectivity index (χ1v) is 6.96. The Morgan fingerprint density at radius 1 is 0.714 bits per heavy atom. The number of rotatable bonds is 4. The Kier molecular flexibility index (Phi) is 3.69. The van der Waals surface area contributed by atoms with Crippen LogP contribution in [0.15, 0.2) is 60.7 Å². The highest BCUT2D eigenvalue weighted by Gasteiger charge is 2.48. The van der Waals surface area contributed by atoms with Gasteiger partial charge in [-0.15, -0.1) is 0 Å². The number of amides is 2. The van der Waals surface area contributed by atoms with E-state index in [9.17, 15) is 9.59 Å². The Morgan fingerprint density at radius 2 is 1.10 bits per heavy atom. The minimum absolute atomic E-state index is 0.0885. The number of hydrogen-bond acceptors (Lipinski definition) is 2. The van der Waals surface area contributed by atoms with Gasteiger partial charge in [-0.25, -0.2) is 0 Å². The van der Waals surface area contributed by atoms with E-state index < -0.39 is 0 Å². The molecule has 0 aromatic heterocycles. The summed E-state index contributed by atoms with van der Waals surface area (Å²) in [6.07, 6.45) is 0.608. The predicted molar refractivity (Wildman–Crippen MR) is 81.7 cm³/mol. The molecule has 1 saturated carbocycles. The molecule has 4 nitrogen and oxygen atoms in total. The van der Waals surface area contributed by atoms with Crippen LogP contribution >= 0.6 is 0 Å². The number of benzene rings is 2. The third kappa shape index (κ3) is 3.28. The van der Waals surface area contributed by atoms with Crippen molar-refractivity contribution >= 4 is 23.2 Å². The van der Waals surface area contributed by atoms with E-state index in [1.165, 1.54) is 0 Å². The minimum atomic E-state index is -0.228. The van der Waals surface area contributed by atoms with Crippen LogP contribution in [0.1, 0.15) is 6.42 Å². The van der Waals surface area contributed by atoms with Gasteiger partial charge in [0.25, 0.3) is 0 Å². The Bertz CT molecular complexity index is 583. The number of carbonyl (C=O) groups excluding carboxylic acids is 2. The van der Waals surface area contributed by atoms with E-state index in [4.69, 9.17) is 0 Å². The van der Waals surface area contributed by atoms with Gasteiger partial charge < -0.3 is 10.6 Å². The largest absolute Gasteiger partial charge is 0.326 e. The molecule has 2 amide bonds. The monoisotopic (exact) mass is 280 g/mol. The topological polar surface area (TPSA) is 58.2 Å². The summed E-state index contributed by atoms with van der Waals surface area (Å²) >= 11 is 0. The summed E-state index contributed by atoms with van der Waals surface area (Å²) in [7, 11) is 0. The second-order valence-corrected chi connectivity index (χ2v) is 5.16. The van der Waals surface area contributed by atoms with Gasteiger partial charge in [0, 0.05) is 11.4 Å². The van der Waals surface area contributed by atoms with Gasteiger partial charge in [-0.3, -0.25) is 9.59 Å². The molecular weight excluding hydrogens is 264 g/mol. The van der Waals surface area contributed by atoms with Crippen molar-refractivity contribution in [3.63, 3.8) is 0 Å². The lowest BCUT2D eigenvalue weighted by molar-refractivity contribution is -0.122. The van der Waals surface area contributed by atoms with E-state index in [-0.39, 0.29) is 23.7 Å². The SMILES string of the molecule is O=C(Nc1ccccc1)[C@H]1C[C@@H]1C(=O)Nc1ccccc1. The van der Waals surface area contributed by atoms with Crippen LogP contribution < -0.4 is 10.6 Å². The molecule has 0 heterocycles. The third-order valence-corrected chi connectivity index (χ3v) is 3.55. The fourth-order valence-electron chi connectivity index (χ4n) is 2.29. The summed E-state index contributed by atoms with van der Waals surface area (Å²) in [4.78, 5) is 24.1. The Labute approximate surface area is 123 Å². The molecule has 1 aliphatic rings. The van der Waals surface area contributed by atoms with Gasteiger partial charge in [-0.1, -0.05) is 36.4 Å². The maximum Gasteiger partial charge on any atom is 0.228 e. The van der Waals surface area contributed by atoms with Crippen molar-refractivity contribution < 1.29 is 9.59 Å². The smallest absolute Gasteiger partial charge is 0.228 e. The van der Waals surface area contributed by atoms with Crippen LogP contribution in [0.25, 0.3) is 0 Å². The molecule has 106 valence electrons. The van der Waals surface area contributed by atoms with Crippen LogP contribution in [-0.2, 0) is 9.59 Å². The average Bonchev–Trinajstić information content (AvgIpc) is 3.30. The van der Waals surface area contributed by atoms with Crippen molar-refractivity contribution in [3.05, 3.63) is 60.7 Å². The second kappa shape index (κ2) is 5.79. The molecule has 0 aliphatic heterocycles. The maximum absolute atomic E-state index is 12.1. The zero-order valence-corrected chi connectivity index (χ0v) is 11.5. The molecule has 3 rings (SSSR count). The highest BCUT2D eigenvalue weighted by atomic mass is 16.2. The first kappa shape index (κ1) is 13.4. The first-order valence-electron chi connectivity index (χ1n) is 6.96. The number of para-hydroxylation sites is 2. The lowest BCUT2D eigenvalue weighted by atomic mass is 10.2. The standard InChI is InChI=1S/C17H16N2O2/c20-16(18-12-7-3-1-4-8-12)14-11-15(14)17(21)19-13-9-5-2-6-10-13/h1-10,14-15H,11H2,(H,18,20)(H,19,21)/t14-,15-/m0/s1. The van der Waals surface area contributed by atoms with Crippen molar-refractivity contribution in [2.24, 2.45) is 11.8 Å². The highest BCUT2D eigenvalue weighted by Crippen LogP contribution is 2.40. The van der Waals surface area contributed by atoms with E-state index in [1.807, 2.05) is 60.7 Å². The molecule has 2 N–H and O–H groups in total. The summed E-state index contributed by atoms with van der Waals surface area (Å²) in [5.41, 5.74) is 1.52. The molecule has 0 unspecified atom stereocenters. The van der Waals surface area contributed by atoms with E-state index in [0.29, 0.717) is 6.42 Å². The molecule has 0 saturated heterocycles. The van der Waals surface area contributed by atoms with Crippen molar-refractivity contribution in [3.8, 4) is 0 Å². The van der Waals surface area contributed by atoms with Gasteiger partial charge in [0.2, 0.25) is 11.8 Å². The quantitative estimate of drug-likeness (QED) is 0.904. The van der Waals surface area contributed by atoms with Gasteiger partial charge in [0.1, 0.15) is 0 Å². The van der Waals surface area contributed by atoms with E-state index in [2.05, 4.69) is 10.6 Å². The van der Waals surface area contributed by atoms with E-state index >= 15 is 0 Å². The fraction of sp³-hybridized carbons (Fsp3) is 0.176. The first-order chi connectivity index (χ1) is 10.2. The van der Waals surface area contributed by atoms with Gasteiger partial charge in [-0.2, -0.15) is 0 Å². The number of nitrogens with one attached hydrogen (secondary N) is 2. The summed E-state index contributed by atoms with van der Waals surface area (Å²) in [5.74, 6) is -0.633. The summed E-state index contributed by atoms with van der Waals surface area (Å²) < 4.78 is 0. The molecule has 4 heteroatoms. The zero-order valence-electron chi connectivity index (χ0n) is 11.5. The summed E-state index contributed by atoms with van der Waals surface area (Å²) in [5, 5.41) is 5.67. The molecule has 1 aliphatic carbocycles. The summed E-state index contributed by atoms with van der Waals surface area (Å²) in [6.45, 7) is 0. The highest BCUT2D eigenvalue weighted by molar-refractivity contribution is 6.03. The fourth-order valence-corrected chi connectivity index (χ4v) is 2.29. The van der Waals surface area contributed by atoms with Crippen molar-refractivity contribution in [2.45, 2.75) is 6.42 Å². The molecule has 1 fully saturated rings. The van der Waals surface area contributed by atoms with Gasteiger partial charge in [-0.05, 0) is 30.7 Å². The Morgan fingerprint density at radius 3 is 1.48 bits per heavy atom. The van der Waals surface area contributed by atoms with Gasteiger partial charge >= 0.3 is 0 Å². The normalized spacial score (nSPS) is 19.6.